The highest BCUT2D eigenvalue weighted by Crippen LogP contribution is 2.34. The molecule has 4 rings (SSSR count). The lowest BCUT2D eigenvalue weighted by Crippen LogP contribution is -2.29. The molecule has 0 heterocycles. The van der Waals surface area contributed by atoms with Crippen molar-refractivity contribution in [2.75, 3.05) is 11.9 Å². The van der Waals surface area contributed by atoms with Crippen molar-refractivity contribution in [2.24, 2.45) is 5.92 Å². The third-order valence-corrected chi connectivity index (χ3v) is 6.07. The lowest BCUT2D eigenvalue weighted by Gasteiger charge is -2.16. The van der Waals surface area contributed by atoms with Gasteiger partial charge in [-0.2, -0.15) is 0 Å². The number of alkyl carbamates (subject to hydrolysis) is 1. The Labute approximate surface area is 184 Å². The molecule has 31 heavy (non-hydrogen) atoms. The van der Waals surface area contributed by atoms with Gasteiger partial charge in [0.15, 0.2) is 0 Å². The van der Waals surface area contributed by atoms with E-state index >= 15 is 0 Å². The molecule has 2 atom stereocenters. The number of ether oxygens (including phenoxy) is 1. The fourth-order valence-corrected chi connectivity index (χ4v) is 4.38. The predicted octanol–water partition coefficient (Wildman–Crippen LogP) is 4.81. The number of benzene rings is 2. The van der Waals surface area contributed by atoms with Crippen LogP contribution in [0.2, 0.25) is 5.02 Å². The third kappa shape index (κ3) is 4.88. The number of amides is 2. The lowest BCUT2D eigenvalue weighted by molar-refractivity contribution is -0.117. The second-order valence-electron chi connectivity index (χ2n) is 7.94. The van der Waals surface area contributed by atoms with E-state index in [1.54, 1.807) is 12.1 Å². The largest absolute Gasteiger partial charge is 0.449 e. The van der Waals surface area contributed by atoms with Gasteiger partial charge in [0, 0.05) is 30.0 Å². The predicted molar refractivity (Wildman–Crippen MR) is 114 cm³/mol. The summed E-state index contributed by atoms with van der Waals surface area (Å²) in [6, 6.07) is 9.12. The maximum atomic E-state index is 13.3. The molecule has 2 aromatic carbocycles. The van der Waals surface area contributed by atoms with Gasteiger partial charge in [0.25, 0.3) is 5.91 Å². The number of carbonyl (C=O) groups is 3. The summed E-state index contributed by atoms with van der Waals surface area (Å²) < 4.78 is 18.6. The summed E-state index contributed by atoms with van der Waals surface area (Å²) in [6.07, 6.45) is 2.55. The molecule has 0 radical (unpaired) electrons. The number of carbonyl (C=O) groups excluding carboxylic acids is 3. The number of hydrogen-bond donors (Lipinski definition) is 2. The first kappa shape index (κ1) is 21.3. The van der Waals surface area contributed by atoms with Crippen LogP contribution >= 0.6 is 11.6 Å². The van der Waals surface area contributed by atoms with Crippen LogP contribution in [-0.2, 0) is 16.0 Å². The average Bonchev–Trinajstić information content (AvgIpc) is 3.35. The minimum absolute atomic E-state index is 0.0687. The standard InChI is InChI=1S/C23H22ClFN2O4/c24-19-11-14(5-8-20(19)25)26-22(29)18-3-1-2-17-16(18)7-9-21(17)27-23(30)31-12-13-4-6-15(28)10-13/h1-3,5,8,11,13,21H,4,6-7,9-10,12H2,(H,26,29)(H,27,30)/t13-,21+/m1/s1. The number of halogens is 2. The smallest absolute Gasteiger partial charge is 0.407 e. The van der Waals surface area contributed by atoms with E-state index < -0.39 is 11.9 Å². The number of anilines is 1. The quantitative estimate of drug-likeness (QED) is 0.692. The molecular weight excluding hydrogens is 423 g/mol. The number of rotatable bonds is 5. The SMILES string of the molecule is O=C1CC[C@@H](COC(=O)N[C@H]2CCc3c(C(=O)Nc4ccc(F)c(Cl)c4)cccc32)C1. The van der Waals surface area contributed by atoms with Gasteiger partial charge in [-0.1, -0.05) is 23.7 Å². The fourth-order valence-electron chi connectivity index (χ4n) is 4.20. The van der Waals surface area contributed by atoms with E-state index in [-0.39, 0.29) is 35.3 Å². The van der Waals surface area contributed by atoms with Gasteiger partial charge in [-0.3, -0.25) is 9.59 Å². The van der Waals surface area contributed by atoms with Crippen LogP contribution < -0.4 is 10.6 Å². The van der Waals surface area contributed by atoms with Crippen molar-refractivity contribution in [3.63, 3.8) is 0 Å². The van der Waals surface area contributed by atoms with Crippen LogP contribution in [0.5, 0.6) is 0 Å². The van der Waals surface area contributed by atoms with E-state index in [1.807, 2.05) is 6.07 Å². The molecule has 0 aromatic heterocycles. The minimum Gasteiger partial charge on any atom is -0.449 e. The Hall–Kier alpha value is -2.93. The van der Waals surface area contributed by atoms with E-state index in [0.717, 1.165) is 17.5 Å². The zero-order valence-corrected chi connectivity index (χ0v) is 17.5. The van der Waals surface area contributed by atoms with Crippen molar-refractivity contribution in [1.29, 1.82) is 0 Å². The first-order valence-corrected chi connectivity index (χ1v) is 10.6. The molecule has 2 aliphatic rings. The Morgan fingerprint density at radius 3 is 2.74 bits per heavy atom. The van der Waals surface area contributed by atoms with Crippen LogP contribution in [-0.4, -0.2) is 24.4 Å². The molecule has 6 nitrogen and oxygen atoms in total. The fraction of sp³-hybridized carbons (Fsp3) is 0.348. The molecule has 0 aliphatic heterocycles. The molecule has 2 N–H and O–H groups in total. The van der Waals surface area contributed by atoms with Crippen LogP contribution in [0.3, 0.4) is 0 Å². The Morgan fingerprint density at radius 1 is 1.16 bits per heavy atom. The summed E-state index contributed by atoms with van der Waals surface area (Å²) in [5.41, 5.74) is 2.63. The molecule has 0 spiro atoms. The number of Topliss-reactive ketones (excluding diaryl/α,β-unsaturated/α-hetero) is 1. The summed E-state index contributed by atoms with van der Waals surface area (Å²) in [7, 11) is 0. The molecule has 2 amide bonds. The van der Waals surface area contributed by atoms with E-state index in [2.05, 4.69) is 10.6 Å². The van der Waals surface area contributed by atoms with Gasteiger partial charge >= 0.3 is 6.09 Å². The summed E-state index contributed by atoms with van der Waals surface area (Å²) in [5, 5.41) is 5.53. The highest BCUT2D eigenvalue weighted by Gasteiger charge is 2.29. The molecule has 1 fully saturated rings. The number of hydrogen-bond acceptors (Lipinski definition) is 4. The molecule has 0 bridgehead atoms. The maximum absolute atomic E-state index is 13.3. The molecule has 2 aliphatic carbocycles. The van der Waals surface area contributed by atoms with Crippen LogP contribution in [0.4, 0.5) is 14.9 Å². The minimum atomic E-state index is -0.555. The zero-order chi connectivity index (χ0) is 22.0. The first-order chi connectivity index (χ1) is 14.9. The Balaban J connectivity index is 1.40. The van der Waals surface area contributed by atoms with Crippen molar-refractivity contribution in [1.82, 2.24) is 5.32 Å². The molecule has 0 saturated heterocycles. The topological polar surface area (TPSA) is 84.5 Å². The lowest BCUT2D eigenvalue weighted by atomic mass is 10.0. The highest BCUT2D eigenvalue weighted by atomic mass is 35.5. The summed E-state index contributed by atoms with van der Waals surface area (Å²) in [4.78, 5) is 36.3. The van der Waals surface area contributed by atoms with Gasteiger partial charge in [-0.25, -0.2) is 9.18 Å². The monoisotopic (exact) mass is 444 g/mol. The Morgan fingerprint density at radius 2 is 2.00 bits per heavy atom. The van der Waals surface area contributed by atoms with E-state index in [1.165, 1.54) is 18.2 Å². The second-order valence-corrected chi connectivity index (χ2v) is 8.35. The van der Waals surface area contributed by atoms with Crippen LogP contribution in [0, 0.1) is 11.7 Å². The summed E-state index contributed by atoms with van der Waals surface area (Å²) in [6.45, 7) is 0.236. The van der Waals surface area contributed by atoms with Gasteiger partial charge < -0.3 is 15.4 Å². The molecule has 2 aromatic rings. The number of ketones is 1. The normalized spacial score (nSPS) is 19.7. The van der Waals surface area contributed by atoms with Crippen LogP contribution in [0.15, 0.2) is 36.4 Å². The maximum Gasteiger partial charge on any atom is 0.407 e. The van der Waals surface area contributed by atoms with Gasteiger partial charge in [-0.05, 0) is 54.7 Å². The van der Waals surface area contributed by atoms with Gasteiger partial charge in [0.05, 0.1) is 17.7 Å². The van der Waals surface area contributed by atoms with Gasteiger partial charge in [0.1, 0.15) is 11.6 Å². The molecule has 8 heteroatoms. The van der Waals surface area contributed by atoms with Crippen molar-refractivity contribution >= 4 is 35.1 Å². The third-order valence-electron chi connectivity index (χ3n) is 5.78. The van der Waals surface area contributed by atoms with Crippen LogP contribution in [0.1, 0.15) is 53.2 Å². The van der Waals surface area contributed by atoms with Gasteiger partial charge in [-0.15, -0.1) is 0 Å². The highest BCUT2D eigenvalue weighted by molar-refractivity contribution is 6.31. The molecule has 162 valence electrons. The summed E-state index contributed by atoms with van der Waals surface area (Å²) >= 11 is 5.78. The Bertz CT molecular complexity index is 1040. The molecule has 1 saturated carbocycles. The van der Waals surface area contributed by atoms with Crippen molar-refractivity contribution < 1.29 is 23.5 Å². The number of fused-ring (bicyclic) bond motifs is 1. The van der Waals surface area contributed by atoms with E-state index in [0.29, 0.717) is 36.9 Å². The van der Waals surface area contributed by atoms with Gasteiger partial charge in [0.2, 0.25) is 0 Å². The van der Waals surface area contributed by atoms with Crippen molar-refractivity contribution in [3.8, 4) is 0 Å². The summed E-state index contributed by atoms with van der Waals surface area (Å²) in [5.74, 6) is -0.564. The molecular formula is C23H22ClFN2O4. The first-order valence-electron chi connectivity index (χ1n) is 10.2. The zero-order valence-electron chi connectivity index (χ0n) is 16.8. The average molecular weight is 445 g/mol. The van der Waals surface area contributed by atoms with E-state index in [4.69, 9.17) is 16.3 Å². The van der Waals surface area contributed by atoms with Crippen molar-refractivity contribution in [2.45, 2.75) is 38.1 Å². The molecule has 0 unspecified atom stereocenters. The second kappa shape index (κ2) is 9.06. The number of nitrogens with one attached hydrogen (secondary N) is 2. The van der Waals surface area contributed by atoms with Crippen LogP contribution in [0.25, 0.3) is 0 Å². The van der Waals surface area contributed by atoms with Crippen molar-refractivity contribution in [3.05, 3.63) is 63.9 Å². The Kier molecular flexibility index (Phi) is 6.23. The van der Waals surface area contributed by atoms with E-state index in [9.17, 15) is 18.8 Å².